The summed E-state index contributed by atoms with van der Waals surface area (Å²) in [6.07, 6.45) is 0. The van der Waals surface area contributed by atoms with Crippen molar-refractivity contribution in [3.8, 4) is 45.4 Å². The van der Waals surface area contributed by atoms with Crippen molar-refractivity contribution in [2.24, 2.45) is 0 Å². The summed E-state index contributed by atoms with van der Waals surface area (Å²) in [5.41, 5.74) is 7.04. The fraction of sp³-hybridized carbons (Fsp3) is 0. The molecule has 48 heavy (non-hydrogen) atoms. The Morgan fingerprint density at radius 1 is 0.458 bits per heavy atom. The Kier molecular flexibility index (Phi) is 5.98. The minimum Gasteiger partial charge on any atom is -0.454 e. The molecule has 0 fully saturated rings. The van der Waals surface area contributed by atoms with E-state index in [1.165, 1.54) is 15.5 Å². The molecule has 0 unspecified atom stereocenters. The third-order valence-electron chi connectivity index (χ3n) is 8.92. The molecule has 0 aliphatic heterocycles. The summed E-state index contributed by atoms with van der Waals surface area (Å²) in [7, 11) is 0. The number of aromatic nitrogens is 4. The minimum absolute atomic E-state index is 0.598. The highest BCUT2D eigenvalue weighted by molar-refractivity contribution is 7.26. The van der Waals surface area contributed by atoms with Gasteiger partial charge in [-0.1, -0.05) is 115 Å². The van der Waals surface area contributed by atoms with Crippen LogP contribution in [0.4, 0.5) is 0 Å². The first-order valence-electron chi connectivity index (χ1n) is 15.8. The smallest absolute Gasteiger partial charge is 0.165 e. The van der Waals surface area contributed by atoms with Gasteiger partial charge in [0.15, 0.2) is 23.1 Å². The van der Waals surface area contributed by atoms with E-state index in [4.69, 9.17) is 24.4 Å². The second kappa shape index (κ2) is 10.7. The van der Waals surface area contributed by atoms with E-state index in [-0.39, 0.29) is 0 Å². The number of benzene rings is 6. The number of pyridine rings is 1. The van der Waals surface area contributed by atoms with Gasteiger partial charge >= 0.3 is 0 Å². The summed E-state index contributed by atoms with van der Waals surface area (Å²) in [6, 6.07) is 49.7. The second-order valence-corrected chi connectivity index (χ2v) is 12.9. The maximum absolute atomic E-state index is 6.51. The standard InChI is InChI=1S/C42H24N4OS/c1-2-12-25(13-3-1)40-44-41(46-42(45-40)32-20-11-19-29-28-16-6-9-23-35(28)48-39(29)32)27-15-10-14-26(24-27)37-38-36(30-17-4-7-21-33(30)43-37)31-18-5-8-22-34(31)47-38/h1-24H. The van der Waals surface area contributed by atoms with Gasteiger partial charge in [0.25, 0.3) is 0 Å². The van der Waals surface area contributed by atoms with E-state index in [1.54, 1.807) is 11.3 Å². The lowest BCUT2D eigenvalue weighted by Crippen LogP contribution is -2.00. The molecule has 6 aromatic carbocycles. The Labute approximate surface area is 278 Å². The lowest BCUT2D eigenvalue weighted by Gasteiger charge is -2.10. The molecule has 10 aromatic rings. The van der Waals surface area contributed by atoms with Gasteiger partial charge in [0.2, 0.25) is 0 Å². The molecule has 0 saturated heterocycles. The molecule has 0 bridgehead atoms. The van der Waals surface area contributed by atoms with Crippen molar-refractivity contribution in [1.82, 2.24) is 19.9 Å². The Hall–Kier alpha value is -6.24. The molecule has 4 aromatic heterocycles. The number of hydrogen-bond donors (Lipinski definition) is 0. The topological polar surface area (TPSA) is 64.7 Å². The largest absolute Gasteiger partial charge is 0.454 e. The summed E-state index contributed by atoms with van der Waals surface area (Å²) in [4.78, 5) is 20.4. The van der Waals surface area contributed by atoms with Crippen molar-refractivity contribution in [2.45, 2.75) is 0 Å². The quantitative estimate of drug-likeness (QED) is 0.193. The molecule has 0 atom stereocenters. The van der Waals surface area contributed by atoms with E-state index >= 15 is 0 Å². The Balaban J connectivity index is 1.20. The number of rotatable bonds is 4. The Bertz CT molecular complexity index is 2860. The number of fused-ring (bicyclic) bond motifs is 8. The summed E-state index contributed by atoms with van der Waals surface area (Å²) in [5, 5.41) is 5.66. The van der Waals surface area contributed by atoms with E-state index in [9.17, 15) is 0 Å². The number of furan rings is 1. The Morgan fingerprint density at radius 2 is 1.10 bits per heavy atom. The van der Waals surface area contributed by atoms with Crippen molar-refractivity contribution in [2.75, 3.05) is 0 Å². The first-order chi connectivity index (χ1) is 23.8. The zero-order valence-corrected chi connectivity index (χ0v) is 26.3. The number of nitrogens with zero attached hydrogens (tertiary/aromatic N) is 4. The molecule has 0 amide bonds. The number of para-hydroxylation sites is 2. The molecule has 0 aliphatic carbocycles. The molecule has 0 aliphatic rings. The van der Waals surface area contributed by atoms with E-state index in [0.29, 0.717) is 17.5 Å². The zero-order chi connectivity index (χ0) is 31.6. The van der Waals surface area contributed by atoms with Crippen molar-refractivity contribution >= 4 is 64.4 Å². The SMILES string of the molecule is c1ccc(-c2nc(-c3cccc(-c4nc5ccccc5c5c4oc4ccccc45)c3)nc(-c3cccc4c3sc3ccccc34)n2)cc1. The fourth-order valence-electron chi connectivity index (χ4n) is 6.70. The van der Waals surface area contributed by atoms with Gasteiger partial charge in [0, 0.05) is 58.6 Å². The van der Waals surface area contributed by atoms with Crippen molar-refractivity contribution < 1.29 is 4.42 Å². The molecule has 6 heteroatoms. The molecule has 4 heterocycles. The van der Waals surface area contributed by atoms with Gasteiger partial charge in [0.1, 0.15) is 11.3 Å². The van der Waals surface area contributed by atoms with Gasteiger partial charge < -0.3 is 4.42 Å². The summed E-state index contributed by atoms with van der Waals surface area (Å²) in [5.74, 6) is 1.87. The monoisotopic (exact) mass is 632 g/mol. The molecule has 5 nitrogen and oxygen atoms in total. The molecular formula is C42H24N4OS. The summed E-state index contributed by atoms with van der Waals surface area (Å²) >= 11 is 1.77. The van der Waals surface area contributed by atoms with E-state index in [1.807, 2.05) is 66.7 Å². The van der Waals surface area contributed by atoms with Crippen LogP contribution in [0.5, 0.6) is 0 Å². The van der Waals surface area contributed by atoms with E-state index in [2.05, 4.69) is 78.9 Å². The average Bonchev–Trinajstić information content (AvgIpc) is 3.74. The number of hydrogen-bond acceptors (Lipinski definition) is 6. The molecular weight excluding hydrogens is 609 g/mol. The van der Waals surface area contributed by atoms with Crippen LogP contribution in [-0.2, 0) is 0 Å². The zero-order valence-electron chi connectivity index (χ0n) is 25.5. The molecule has 0 N–H and O–H groups in total. The predicted molar refractivity (Wildman–Crippen MR) is 197 cm³/mol. The van der Waals surface area contributed by atoms with Crippen LogP contribution in [0.25, 0.3) is 98.4 Å². The van der Waals surface area contributed by atoms with Gasteiger partial charge in [0.05, 0.1) is 5.52 Å². The third-order valence-corrected chi connectivity index (χ3v) is 10.1. The highest BCUT2D eigenvalue weighted by Gasteiger charge is 2.20. The van der Waals surface area contributed by atoms with Gasteiger partial charge in [-0.05, 0) is 30.3 Å². The Morgan fingerprint density at radius 3 is 2.00 bits per heavy atom. The summed E-state index contributed by atoms with van der Waals surface area (Å²) in [6.45, 7) is 0. The van der Waals surface area contributed by atoms with Crippen LogP contribution < -0.4 is 0 Å². The molecule has 0 saturated carbocycles. The van der Waals surface area contributed by atoms with Crippen molar-refractivity contribution in [3.63, 3.8) is 0 Å². The second-order valence-electron chi connectivity index (χ2n) is 11.8. The van der Waals surface area contributed by atoms with Crippen molar-refractivity contribution in [1.29, 1.82) is 0 Å². The van der Waals surface area contributed by atoms with E-state index < -0.39 is 0 Å². The van der Waals surface area contributed by atoms with Crippen molar-refractivity contribution in [3.05, 3.63) is 146 Å². The predicted octanol–water partition coefficient (Wildman–Crippen LogP) is 11.4. The van der Waals surface area contributed by atoms with Crippen LogP contribution in [0.3, 0.4) is 0 Å². The van der Waals surface area contributed by atoms with E-state index in [0.717, 1.165) is 65.5 Å². The third kappa shape index (κ3) is 4.24. The van der Waals surface area contributed by atoms with Gasteiger partial charge in [-0.25, -0.2) is 19.9 Å². The minimum atomic E-state index is 0.598. The maximum atomic E-state index is 6.51. The highest BCUT2D eigenvalue weighted by atomic mass is 32.1. The first-order valence-corrected chi connectivity index (χ1v) is 16.6. The van der Waals surface area contributed by atoms with Gasteiger partial charge in [-0.2, -0.15) is 0 Å². The van der Waals surface area contributed by atoms with Crippen LogP contribution in [0.15, 0.2) is 150 Å². The molecule has 224 valence electrons. The molecule has 0 radical (unpaired) electrons. The lowest BCUT2D eigenvalue weighted by molar-refractivity contribution is 0.669. The number of thiophene rings is 1. The summed E-state index contributed by atoms with van der Waals surface area (Å²) < 4.78 is 8.91. The van der Waals surface area contributed by atoms with Gasteiger partial charge in [-0.3, -0.25) is 0 Å². The maximum Gasteiger partial charge on any atom is 0.165 e. The van der Waals surface area contributed by atoms with Crippen LogP contribution in [0.2, 0.25) is 0 Å². The molecule has 10 rings (SSSR count). The normalized spacial score (nSPS) is 11.8. The molecule has 0 spiro atoms. The highest BCUT2D eigenvalue weighted by Crippen LogP contribution is 2.41. The van der Waals surface area contributed by atoms with Gasteiger partial charge in [-0.15, -0.1) is 11.3 Å². The van der Waals surface area contributed by atoms with Crippen LogP contribution in [-0.4, -0.2) is 19.9 Å². The first kappa shape index (κ1) is 26.9. The lowest BCUT2D eigenvalue weighted by atomic mass is 10.0. The average molecular weight is 633 g/mol. The fourth-order valence-corrected chi connectivity index (χ4v) is 7.91. The van der Waals surface area contributed by atoms with Crippen LogP contribution >= 0.6 is 11.3 Å². The van der Waals surface area contributed by atoms with Crippen LogP contribution in [0, 0.1) is 0 Å². The van der Waals surface area contributed by atoms with Crippen LogP contribution in [0.1, 0.15) is 0 Å².